The Kier molecular flexibility index (Phi) is 1.45. The van der Waals surface area contributed by atoms with Gasteiger partial charge in [-0.05, 0) is 13.0 Å². The van der Waals surface area contributed by atoms with Crippen molar-refractivity contribution in [1.29, 1.82) is 0 Å². The van der Waals surface area contributed by atoms with Crippen molar-refractivity contribution < 1.29 is 13.0 Å². The molecule has 0 amide bonds. The van der Waals surface area contributed by atoms with Gasteiger partial charge in [-0.3, -0.25) is 9.87 Å². The van der Waals surface area contributed by atoms with Gasteiger partial charge < -0.3 is 0 Å². The third-order valence-corrected chi connectivity index (χ3v) is 3.20. The summed E-state index contributed by atoms with van der Waals surface area (Å²) < 4.78 is 30.3. The number of nitrogens with one attached hydrogen (secondary N) is 1. The molecule has 12 heavy (non-hydrogen) atoms. The Balaban J connectivity index is 2.39. The molecule has 0 aliphatic carbocycles. The molecule has 0 fully saturated rings. The average molecular weight is 187 g/mol. The van der Waals surface area contributed by atoms with E-state index >= 15 is 0 Å². The van der Waals surface area contributed by atoms with Crippen LogP contribution in [0.25, 0.3) is 0 Å². The molecule has 0 saturated carbocycles. The highest BCUT2D eigenvalue weighted by molar-refractivity contribution is 7.89. The number of hydrogen-bond acceptors (Lipinski definition) is 3. The lowest BCUT2D eigenvalue weighted by atomic mass is 10.1. The Morgan fingerprint density at radius 1 is 1.42 bits per heavy atom. The molecule has 0 aromatic rings. The number of rotatable bonds is 1. The summed E-state index contributed by atoms with van der Waals surface area (Å²) in [5, 5.41) is 3.01. The van der Waals surface area contributed by atoms with Crippen LogP contribution in [-0.2, 0) is 10.1 Å². The second kappa shape index (κ2) is 2.18. The van der Waals surface area contributed by atoms with E-state index < -0.39 is 10.1 Å². The Hall–Kier alpha value is -0.650. The maximum atomic E-state index is 10.7. The third kappa shape index (κ3) is 1.01. The summed E-state index contributed by atoms with van der Waals surface area (Å²) >= 11 is 0. The van der Waals surface area contributed by atoms with E-state index in [2.05, 4.69) is 5.32 Å². The molecule has 2 N–H and O–H groups in total. The minimum atomic E-state index is -4.00. The van der Waals surface area contributed by atoms with Gasteiger partial charge in [0.15, 0.2) is 0 Å². The maximum Gasteiger partial charge on any atom is 0.292 e. The first kappa shape index (κ1) is 7.97. The van der Waals surface area contributed by atoms with Crippen LogP contribution in [0, 0.1) is 0 Å². The van der Waals surface area contributed by atoms with Crippen LogP contribution >= 0.6 is 0 Å². The molecule has 0 spiro atoms. The van der Waals surface area contributed by atoms with Gasteiger partial charge >= 0.3 is 0 Å². The quantitative estimate of drug-likeness (QED) is 0.450. The fraction of sp³-hybridized carbons (Fsp3) is 0.429. The lowest BCUT2D eigenvalue weighted by molar-refractivity contribution is 0.488. The third-order valence-electron chi connectivity index (χ3n) is 2.21. The molecular weight excluding hydrogens is 178 g/mol. The molecule has 0 aromatic heterocycles. The predicted octanol–water partition coefficient (Wildman–Crippen LogP) is 0.0584. The molecule has 2 heterocycles. The second-order valence-electron chi connectivity index (χ2n) is 3.08. The lowest BCUT2D eigenvalue weighted by Gasteiger charge is -2.05. The lowest BCUT2D eigenvalue weighted by Crippen LogP contribution is -2.25. The van der Waals surface area contributed by atoms with Gasteiger partial charge in [0.25, 0.3) is 10.1 Å². The van der Waals surface area contributed by atoms with Crippen LogP contribution in [0.15, 0.2) is 22.6 Å². The van der Waals surface area contributed by atoms with E-state index in [4.69, 9.17) is 4.55 Å². The fourth-order valence-electron chi connectivity index (χ4n) is 1.60. The van der Waals surface area contributed by atoms with Crippen molar-refractivity contribution in [1.82, 2.24) is 5.32 Å². The topological polar surface area (TPSA) is 66.4 Å². The van der Waals surface area contributed by atoms with Gasteiger partial charge in [0, 0.05) is 6.04 Å². The van der Waals surface area contributed by atoms with E-state index in [-0.39, 0.29) is 17.0 Å². The SMILES string of the molecule is CC1=CC2NC1C=C2S(=O)(=O)O. The van der Waals surface area contributed by atoms with E-state index in [1.54, 1.807) is 6.08 Å². The average Bonchev–Trinajstić information content (AvgIpc) is 2.41. The van der Waals surface area contributed by atoms with E-state index in [0.29, 0.717) is 0 Å². The van der Waals surface area contributed by atoms with E-state index in [1.165, 1.54) is 0 Å². The minimum absolute atomic E-state index is 0.00748. The van der Waals surface area contributed by atoms with Crippen LogP contribution in [0.5, 0.6) is 0 Å². The van der Waals surface area contributed by atoms with Gasteiger partial charge in [-0.1, -0.05) is 11.6 Å². The van der Waals surface area contributed by atoms with Crippen molar-refractivity contribution in [3.05, 3.63) is 22.6 Å². The molecule has 2 aliphatic rings. The molecular formula is C7H9NO3S. The Bertz CT molecular complexity index is 379. The van der Waals surface area contributed by atoms with Crippen LogP contribution in [0.4, 0.5) is 0 Å². The van der Waals surface area contributed by atoms with Crippen molar-refractivity contribution in [2.24, 2.45) is 0 Å². The van der Waals surface area contributed by atoms with E-state index in [9.17, 15) is 8.42 Å². The molecule has 5 heteroatoms. The summed E-state index contributed by atoms with van der Waals surface area (Å²) in [6.45, 7) is 1.93. The van der Waals surface area contributed by atoms with E-state index in [1.807, 2.05) is 13.0 Å². The Morgan fingerprint density at radius 2 is 2.08 bits per heavy atom. The van der Waals surface area contributed by atoms with E-state index in [0.717, 1.165) is 5.57 Å². The van der Waals surface area contributed by atoms with Gasteiger partial charge in [0.2, 0.25) is 0 Å². The summed E-state index contributed by atoms with van der Waals surface area (Å²) in [4.78, 5) is 0.0816. The Labute approximate surface area is 70.7 Å². The molecule has 2 bridgehead atoms. The summed E-state index contributed by atoms with van der Waals surface area (Å²) in [5.41, 5.74) is 1.10. The highest BCUT2D eigenvalue weighted by atomic mass is 32.2. The molecule has 0 saturated heterocycles. The predicted molar refractivity (Wildman–Crippen MR) is 44.1 cm³/mol. The summed E-state index contributed by atoms with van der Waals surface area (Å²) in [5.74, 6) is 0. The first-order valence-corrected chi connectivity index (χ1v) is 5.06. The largest absolute Gasteiger partial charge is 0.296 e. The molecule has 0 radical (unpaired) electrons. The number of hydrogen-bond donors (Lipinski definition) is 2. The normalized spacial score (nSPS) is 33.5. The van der Waals surface area contributed by atoms with Gasteiger partial charge in [-0.2, -0.15) is 8.42 Å². The standard InChI is InChI=1S/C7H9NO3S/c1-4-2-6-7(12(9,10)11)3-5(4)8-6/h2-3,5-6,8H,1H3,(H,9,10,11). The smallest absolute Gasteiger partial charge is 0.292 e. The van der Waals surface area contributed by atoms with Crippen molar-refractivity contribution in [2.75, 3.05) is 0 Å². The molecule has 2 atom stereocenters. The van der Waals surface area contributed by atoms with Crippen LogP contribution in [-0.4, -0.2) is 25.1 Å². The zero-order valence-electron chi connectivity index (χ0n) is 6.48. The summed E-state index contributed by atoms with van der Waals surface area (Å²) in [6.07, 6.45) is 3.36. The number of fused-ring (bicyclic) bond motifs is 2. The maximum absolute atomic E-state index is 10.7. The Morgan fingerprint density at radius 3 is 2.42 bits per heavy atom. The van der Waals surface area contributed by atoms with Crippen LogP contribution in [0.2, 0.25) is 0 Å². The highest BCUT2D eigenvalue weighted by Gasteiger charge is 2.36. The van der Waals surface area contributed by atoms with Crippen LogP contribution < -0.4 is 5.32 Å². The van der Waals surface area contributed by atoms with Gasteiger partial charge in [0.05, 0.1) is 10.9 Å². The zero-order chi connectivity index (χ0) is 8.93. The zero-order valence-corrected chi connectivity index (χ0v) is 7.30. The fourth-order valence-corrected chi connectivity index (χ4v) is 2.36. The van der Waals surface area contributed by atoms with Crippen LogP contribution in [0.1, 0.15) is 6.92 Å². The summed E-state index contributed by atoms with van der Waals surface area (Å²) in [6, 6.07) is -0.322. The van der Waals surface area contributed by atoms with Crippen molar-refractivity contribution in [2.45, 2.75) is 19.0 Å². The van der Waals surface area contributed by atoms with Gasteiger partial charge in [0.1, 0.15) is 0 Å². The van der Waals surface area contributed by atoms with Gasteiger partial charge in [-0.15, -0.1) is 0 Å². The molecule has 66 valence electrons. The van der Waals surface area contributed by atoms with Crippen molar-refractivity contribution >= 4 is 10.1 Å². The van der Waals surface area contributed by atoms with Crippen molar-refractivity contribution in [3.63, 3.8) is 0 Å². The molecule has 0 aromatic carbocycles. The molecule has 2 unspecified atom stereocenters. The molecule has 4 nitrogen and oxygen atoms in total. The molecule has 2 rings (SSSR count). The highest BCUT2D eigenvalue weighted by Crippen LogP contribution is 2.29. The first-order chi connectivity index (χ1) is 5.48. The van der Waals surface area contributed by atoms with Crippen LogP contribution in [0.3, 0.4) is 0 Å². The first-order valence-electron chi connectivity index (χ1n) is 3.62. The monoisotopic (exact) mass is 187 g/mol. The second-order valence-corrected chi connectivity index (χ2v) is 4.50. The minimum Gasteiger partial charge on any atom is -0.296 e. The molecule has 2 aliphatic heterocycles. The summed E-state index contributed by atoms with van der Waals surface area (Å²) in [7, 11) is -4.00. The van der Waals surface area contributed by atoms with Crippen molar-refractivity contribution in [3.8, 4) is 0 Å². The van der Waals surface area contributed by atoms with Gasteiger partial charge in [-0.25, -0.2) is 0 Å².